The zero-order valence-electron chi connectivity index (χ0n) is 7.65. The van der Waals surface area contributed by atoms with E-state index >= 15 is 0 Å². The second kappa shape index (κ2) is 2.73. The summed E-state index contributed by atoms with van der Waals surface area (Å²) in [5, 5.41) is 0.252. The van der Waals surface area contributed by atoms with Crippen molar-refractivity contribution in [3.05, 3.63) is 16.9 Å². The maximum atomic E-state index is 12.9. The summed E-state index contributed by atoms with van der Waals surface area (Å²) in [5.74, 6) is 0. The normalized spacial score (nSPS) is 12.2. The molecule has 0 fully saturated rings. The molecule has 0 unspecified atom stereocenters. The van der Waals surface area contributed by atoms with Crippen LogP contribution in [0, 0.1) is 6.08 Å². The van der Waals surface area contributed by atoms with Crippen LogP contribution in [0.25, 0.3) is 0 Å². The fourth-order valence-corrected chi connectivity index (χ4v) is 1.73. The predicted molar refractivity (Wildman–Crippen MR) is 46.9 cm³/mol. The third kappa shape index (κ3) is 1.46. The second-order valence-electron chi connectivity index (χ2n) is 3.83. The van der Waals surface area contributed by atoms with Gasteiger partial charge in [0, 0.05) is 12.5 Å². The van der Waals surface area contributed by atoms with Crippen LogP contribution in [0.3, 0.4) is 0 Å². The van der Waals surface area contributed by atoms with Crippen molar-refractivity contribution < 1.29 is 4.39 Å². The minimum Gasteiger partial charge on any atom is -0.306 e. The quantitative estimate of drug-likeness (QED) is 0.615. The Morgan fingerprint density at radius 2 is 1.92 bits per heavy atom. The van der Waals surface area contributed by atoms with Gasteiger partial charge in [-0.3, -0.25) is 0 Å². The van der Waals surface area contributed by atoms with Gasteiger partial charge in [-0.2, -0.15) is 9.37 Å². The minimum atomic E-state index is -0.537. The van der Waals surface area contributed by atoms with Gasteiger partial charge < -0.3 is 4.57 Å². The molecule has 0 saturated carbocycles. The average Bonchev–Trinajstić information content (AvgIpc) is 2.05. The molecule has 0 aromatic carbocycles. The van der Waals surface area contributed by atoms with Gasteiger partial charge in [0.15, 0.2) is 5.15 Å². The van der Waals surface area contributed by atoms with Crippen LogP contribution in [-0.2, 0) is 12.5 Å². The molecule has 0 spiro atoms. The Morgan fingerprint density at radius 3 is 2.08 bits per heavy atom. The summed E-state index contributed by atoms with van der Waals surface area (Å²) in [7, 11) is 1.62. The summed E-state index contributed by atoms with van der Waals surface area (Å²) in [5.41, 5.74) is 0.546. The molecule has 68 valence electrons. The predicted octanol–water partition coefficient (Wildman–Crippen LogP) is 2.51. The number of halogens is 2. The molecule has 1 heterocycles. The fourth-order valence-electron chi connectivity index (χ4n) is 1.25. The first-order valence-electron chi connectivity index (χ1n) is 3.72. The van der Waals surface area contributed by atoms with Crippen molar-refractivity contribution in [3.63, 3.8) is 0 Å². The SMILES string of the molecule is Cn1c(F)nc(Cl)c1C(C)(C)C. The van der Waals surface area contributed by atoms with Crippen molar-refractivity contribution in [2.24, 2.45) is 7.05 Å². The summed E-state index contributed by atoms with van der Waals surface area (Å²) < 4.78 is 14.3. The highest BCUT2D eigenvalue weighted by molar-refractivity contribution is 6.30. The summed E-state index contributed by atoms with van der Waals surface area (Å²) in [6.07, 6.45) is -0.537. The molecule has 0 atom stereocenters. The highest BCUT2D eigenvalue weighted by Gasteiger charge is 2.24. The van der Waals surface area contributed by atoms with Crippen molar-refractivity contribution in [1.82, 2.24) is 9.55 Å². The molecule has 1 rings (SSSR count). The maximum Gasteiger partial charge on any atom is 0.290 e. The van der Waals surface area contributed by atoms with Crippen molar-refractivity contribution in [1.29, 1.82) is 0 Å². The van der Waals surface area contributed by atoms with Crippen LogP contribution in [0.4, 0.5) is 4.39 Å². The van der Waals surface area contributed by atoms with Gasteiger partial charge in [0.25, 0.3) is 6.08 Å². The highest BCUT2D eigenvalue weighted by atomic mass is 35.5. The minimum absolute atomic E-state index is 0.177. The van der Waals surface area contributed by atoms with Gasteiger partial charge in [0.2, 0.25) is 0 Å². The van der Waals surface area contributed by atoms with E-state index in [2.05, 4.69) is 4.98 Å². The monoisotopic (exact) mass is 190 g/mol. The van der Waals surface area contributed by atoms with Gasteiger partial charge in [-0.25, -0.2) is 0 Å². The van der Waals surface area contributed by atoms with Gasteiger partial charge in [0.05, 0.1) is 5.69 Å². The Bertz CT molecular complexity index is 299. The number of aromatic nitrogens is 2. The van der Waals surface area contributed by atoms with E-state index in [1.54, 1.807) is 7.05 Å². The van der Waals surface area contributed by atoms with Crippen LogP contribution >= 0.6 is 11.6 Å². The van der Waals surface area contributed by atoms with Gasteiger partial charge in [-0.15, -0.1) is 0 Å². The molecule has 0 bridgehead atoms. The van der Waals surface area contributed by atoms with Crippen LogP contribution in [0.1, 0.15) is 26.5 Å². The number of imidazole rings is 1. The van der Waals surface area contributed by atoms with Crippen molar-refractivity contribution in [2.45, 2.75) is 26.2 Å². The first kappa shape index (κ1) is 9.52. The Hall–Kier alpha value is -0.570. The van der Waals surface area contributed by atoms with Crippen LogP contribution in [-0.4, -0.2) is 9.55 Å². The molecule has 0 aliphatic carbocycles. The third-order valence-electron chi connectivity index (χ3n) is 1.71. The molecular weight excluding hydrogens is 179 g/mol. The first-order valence-corrected chi connectivity index (χ1v) is 4.10. The molecule has 0 aliphatic heterocycles. The second-order valence-corrected chi connectivity index (χ2v) is 4.19. The van der Waals surface area contributed by atoms with E-state index < -0.39 is 6.08 Å². The zero-order chi connectivity index (χ0) is 9.52. The van der Waals surface area contributed by atoms with Crippen LogP contribution in [0.2, 0.25) is 5.15 Å². The molecule has 0 radical (unpaired) electrons. The lowest BCUT2D eigenvalue weighted by molar-refractivity contribution is 0.464. The van der Waals surface area contributed by atoms with E-state index in [1.807, 2.05) is 20.8 Å². The highest BCUT2D eigenvalue weighted by Crippen LogP contribution is 2.28. The topological polar surface area (TPSA) is 17.8 Å². The largest absolute Gasteiger partial charge is 0.306 e. The van der Waals surface area contributed by atoms with E-state index in [4.69, 9.17) is 11.6 Å². The standard InChI is InChI=1S/C8H12ClFN2/c1-8(2,3)5-6(9)11-7(10)12(5)4/h1-4H3. The van der Waals surface area contributed by atoms with Crippen LogP contribution < -0.4 is 0 Å². The van der Waals surface area contributed by atoms with Crippen molar-refractivity contribution in [3.8, 4) is 0 Å². The molecule has 1 aromatic heterocycles. The first-order chi connectivity index (χ1) is 5.34. The molecule has 1 aromatic rings. The Kier molecular flexibility index (Phi) is 2.17. The molecule has 2 nitrogen and oxygen atoms in total. The number of nitrogens with zero attached hydrogens (tertiary/aromatic N) is 2. The van der Waals surface area contributed by atoms with E-state index in [1.165, 1.54) is 4.57 Å². The van der Waals surface area contributed by atoms with Crippen LogP contribution in [0.5, 0.6) is 0 Å². The fraction of sp³-hybridized carbons (Fsp3) is 0.625. The molecule has 0 amide bonds. The van der Waals surface area contributed by atoms with Gasteiger partial charge in [-0.1, -0.05) is 32.4 Å². The molecule has 4 heteroatoms. The third-order valence-corrected chi connectivity index (χ3v) is 1.97. The molecule has 12 heavy (non-hydrogen) atoms. The van der Waals surface area contributed by atoms with Crippen molar-refractivity contribution in [2.75, 3.05) is 0 Å². The van der Waals surface area contributed by atoms with E-state index in [0.29, 0.717) is 0 Å². The maximum absolute atomic E-state index is 12.9. The lowest BCUT2D eigenvalue weighted by Crippen LogP contribution is -2.17. The molecule has 0 N–H and O–H groups in total. The average molecular weight is 191 g/mol. The molecule has 0 saturated heterocycles. The van der Waals surface area contributed by atoms with E-state index in [0.717, 1.165) is 5.69 Å². The van der Waals surface area contributed by atoms with E-state index in [9.17, 15) is 4.39 Å². The van der Waals surface area contributed by atoms with Gasteiger partial charge >= 0.3 is 0 Å². The lowest BCUT2D eigenvalue weighted by Gasteiger charge is -2.19. The van der Waals surface area contributed by atoms with E-state index in [-0.39, 0.29) is 10.6 Å². The number of rotatable bonds is 0. The lowest BCUT2D eigenvalue weighted by atomic mass is 9.93. The van der Waals surface area contributed by atoms with Gasteiger partial charge in [-0.05, 0) is 0 Å². The Labute approximate surface area is 76.4 Å². The summed E-state index contributed by atoms with van der Waals surface area (Å²) >= 11 is 5.76. The summed E-state index contributed by atoms with van der Waals surface area (Å²) in [6.45, 7) is 5.90. The van der Waals surface area contributed by atoms with Crippen molar-refractivity contribution >= 4 is 11.6 Å². The summed E-state index contributed by atoms with van der Waals surface area (Å²) in [6, 6.07) is 0. The Balaban J connectivity index is 3.32. The smallest absolute Gasteiger partial charge is 0.290 e. The molecular formula is C8H12ClFN2. The summed E-state index contributed by atoms with van der Waals surface area (Å²) in [4.78, 5) is 3.54. The van der Waals surface area contributed by atoms with Crippen LogP contribution in [0.15, 0.2) is 0 Å². The number of hydrogen-bond acceptors (Lipinski definition) is 1. The number of hydrogen-bond donors (Lipinski definition) is 0. The zero-order valence-corrected chi connectivity index (χ0v) is 8.41. The molecule has 0 aliphatic rings. The Morgan fingerprint density at radius 1 is 1.42 bits per heavy atom. The van der Waals surface area contributed by atoms with Gasteiger partial charge in [0.1, 0.15) is 0 Å².